The summed E-state index contributed by atoms with van der Waals surface area (Å²) < 4.78 is 5.85. The molecule has 2 saturated heterocycles. The largest absolute Gasteiger partial charge is 0.380 e. The molecule has 2 aliphatic heterocycles. The number of fused-ring (bicyclic) bond motifs is 1. The predicted molar refractivity (Wildman–Crippen MR) is 86.5 cm³/mol. The Bertz CT molecular complexity index is 569. The Morgan fingerprint density at radius 2 is 1.91 bits per heavy atom. The Morgan fingerprint density at radius 3 is 2.65 bits per heavy atom. The zero-order chi connectivity index (χ0) is 15.9. The van der Waals surface area contributed by atoms with E-state index in [1.54, 1.807) is 4.90 Å². The number of amides is 1. The Kier molecular flexibility index (Phi) is 3.90. The van der Waals surface area contributed by atoms with Gasteiger partial charge in [-0.05, 0) is 12.3 Å². The Hall–Kier alpha value is -1.39. The van der Waals surface area contributed by atoms with Gasteiger partial charge in [0.25, 0.3) is 5.91 Å². The number of benzene rings is 1. The van der Waals surface area contributed by atoms with Gasteiger partial charge in [-0.25, -0.2) is 0 Å². The highest BCUT2D eigenvalue weighted by Crippen LogP contribution is 2.44. The number of aliphatic hydroxyl groups is 1. The van der Waals surface area contributed by atoms with Crippen LogP contribution in [0.5, 0.6) is 0 Å². The second-order valence-electron chi connectivity index (χ2n) is 7.41. The topological polar surface area (TPSA) is 49.8 Å². The molecule has 3 fully saturated rings. The zero-order valence-corrected chi connectivity index (χ0v) is 13.5. The minimum absolute atomic E-state index is 0.0151. The number of carbonyl (C=O) groups excluding carboxylic acids is 1. The number of ether oxygens (including phenoxy) is 1. The van der Waals surface area contributed by atoms with Crippen LogP contribution in [0.1, 0.15) is 56.7 Å². The van der Waals surface area contributed by atoms with E-state index in [-0.39, 0.29) is 18.2 Å². The first-order valence-corrected chi connectivity index (χ1v) is 8.89. The van der Waals surface area contributed by atoms with Crippen molar-refractivity contribution < 1.29 is 14.6 Å². The van der Waals surface area contributed by atoms with E-state index in [0.29, 0.717) is 25.4 Å². The van der Waals surface area contributed by atoms with Crippen molar-refractivity contribution in [3.05, 3.63) is 35.9 Å². The van der Waals surface area contributed by atoms with Gasteiger partial charge >= 0.3 is 0 Å². The molecule has 1 amide bonds. The third-order valence-corrected chi connectivity index (χ3v) is 5.73. The quantitative estimate of drug-likeness (QED) is 0.933. The van der Waals surface area contributed by atoms with E-state index < -0.39 is 5.60 Å². The minimum atomic E-state index is -1.18. The highest BCUT2D eigenvalue weighted by molar-refractivity contribution is 5.88. The third kappa shape index (κ3) is 2.68. The summed E-state index contributed by atoms with van der Waals surface area (Å²) in [5.74, 6) is 0.369. The van der Waals surface area contributed by atoms with Crippen molar-refractivity contribution in [1.29, 1.82) is 0 Å². The van der Waals surface area contributed by atoms with E-state index in [0.717, 1.165) is 18.4 Å². The van der Waals surface area contributed by atoms with Crippen molar-refractivity contribution in [3.63, 3.8) is 0 Å². The summed E-state index contributed by atoms with van der Waals surface area (Å²) in [6, 6.07) is 9.86. The van der Waals surface area contributed by atoms with E-state index in [4.69, 9.17) is 4.74 Å². The first-order valence-electron chi connectivity index (χ1n) is 8.89. The lowest BCUT2D eigenvalue weighted by Gasteiger charge is -2.30. The summed E-state index contributed by atoms with van der Waals surface area (Å²) in [6.07, 6.45) is 6.87. The van der Waals surface area contributed by atoms with Gasteiger partial charge in [-0.15, -0.1) is 0 Å². The highest BCUT2D eigenvalue weighted by Gasteiger charge is 2.56. The van der Waals surface area contributed by atoms with Crippen molar-refractivity contribution in [2.45, 2.75) is 62.8 Å². The maximum absolute atomic E-state index is 13.0. The van der Waals surface area contributed by atoms with Crippen LogP contribution in [0.2, 0.25) is 0 Å². The fourth-order valence-corrected chi connectivity index (χ4v) is 4.62. The van der Waals surface area contributed by atoms with Gasteiger partial charge in [0.15, 0.2) is 6.23 Å². The number of hydrogen-bond acceptors (Lipinski definition) is 3. The molecule has 1 saturated carbocycles. The standard InChI is InChI=1S/C19H25NO3/c21-18-19(22,11-14-7-3-1-4-8-14)12-16-13-23-17(20(16)18)15-9-5-2-6-10-15/h2,5-6,9-10,14,16-17,22H,1,3-4,7-8,11-13H2/t16-,17+,19-/m0/s1. The zero-order valence-electron chi connectivity index (χ0n) is 13.5. The van der Waals surface area contributed by atoms with E-state index in [1.165, 1.54) is 19.3 Å². The fourth-order valence-electron chi connectivity index (χ4n) is 4.62. The summed E-state index contributed by atoms with van der Waals surface area (Å²) in [5.41, 5.74) is -0.186. The molecule has 124 valence electrons. The lowest BCUT2D eigenvalue weighted by atomic mass is 9.80. The first kappa shape index (κ1) is 15.2. The van der Waals surface area contributed by atoms with Gasteiger partial charge in [0.05, 0.1) is 12.6 Å². The molecule has 2 heterocycles. The molecule has 4 heteroatoms. The SMILES string of the molecule is O=C1N2[C@H](CO[C@@H]2c2ccccc2)C[C@@]1(O)CC1CCCCC1. The monoisotopic (exact) mass is 315 g/mol. The molecule has 1 aliphatic carbocycles. The van der Waals surface area contributed by atoms with Gasteiger partial charge in [0.2, 0.25) is 0 Å². The Labute approximate surface area is 137 Å². The highest BCUT2D eigenvalue weighted by atomic mass is 16.5. The van der Waals surface area contributed by atoms with Crippen LogP contribution in [0, 0.1) is 5.92 Å². The van der Waals surface area contributed by atoms with Crippen LogP contribution in [-0.2, 0) is 9.53 Å². The normalized spacial score (nSPS) is 34.8. The molecule has 3 aliphatic rings. The number of hydrogen-bond donors (Lipinski definition) is 1. The second kappa shape index (κ2) is 5.91. The molecule has 1 aromatic carbocycles. The Morgan fingerprint density at radius 1 is 1.17 bits per heavy atom. The van der Waals surface area contributed by atoms with Crippen LogP contribution in [0.3, 0.4) is 0 Å². The van der Waals surface area contributed by atoms with Crippen LogP contribution >= 0.6 is 0 Å². The van der Waals surface area contributed by atoms with Crippen LogP contribution < -0.4 is 0 Å². The summed E-state index contributed by atoms with van der Waals surface area (Å²) in [7, 11) is 0. The molecule has 4 nitrogen and oxygen atoms in total. The molecule has 0 unspecified atom stereocenters. The maximum Gasteiger partial charge on any atom is 0.257 e. The molecule has 23 heavy (non-hydrogen) atoms. The smallest absolute Gasteiger partial charge is 0.257 e. The molecule has 0 aromatic heterocycles. The van der Waals surface area contributed by atoms with Crippen molar-refractivity contribution in [2.24, 2.45) is 5.92 Å². The van der Waals surface area contributed by atoms with Gasteiger partial charge in [0.1, 0.15) is 5.60 Å². The van der Waals surface area contributed by atoms with Crippen LogP contribution in [0.15, 0.2) is 30.3 Å². The first-order chi connectivity index (χ1) is 11.2. The van der Waals surface area contributed by atoms with Crippen molar-refractivity contribution in [1.82, 2.24) is 4.90 Å². The minimum Gasteiger partial charge on any atom is -0.380 e. The van der Waals surface area contributed by atoms with Gasteiger partial charge in [-0.1, -0.05) is 62.4 Å². The van der Waals surface area contributed by atoms with E-state index >= 15 is 0 Å². The summed E-state index contributed by atoms with van der Waals surface area (Å²) >= 11 is 0. The maximum atomic E-state index is 13.0. The molecular formula is C19H25NO3. The average Bonchev–Trinajstić information content (AvgIpc) is 3.08. The third-order valence-electron chi connectivity index (χ3n) is 5.73. The fraction of sp³-hybridized carbons (Fsp3) is 0.632. The molecule has 1 N–H and O–H groups in total. The van der Waals surface area contributed by atoms with Crippen molar-refractivity contribution in [2.75, 3.05) is 6.61 Å². The molecule has 1 aromatic rings. The van der Waals surface area contributed by atoms with Gasteiger partial charge < -0.3 is 14.7 Å². The van der Waals surface area contributed by atoms with E-state index in [9.17, 15) is 9.90 Å². The molecule has 0 bridgehead atoms. The van der Waals surface area contributed by atoms with Crippen molar-refractivity contribution in [3.8, 4) is 0 Å². The van der Waals surface area contributed by atoms with E-state index in [1.807, 2.05) is 30.3 Å². The molecule has 0 radical (unpaired) electrons. The number of nitrogens with zero attached hydrogens (tertiary/aromatic N) is 1. The van der Waals surface area contributed by atoms with Crippen LogP contribution in [-0.4, -0.2) is 34.2 Å². The lowest BCUT2D eigenvalue weighted by Crippen LogP contribution is -2.42. The Balaban J connectivity index is 1.52. The van der Waals surface area contributed by atoms with Gasteiger partial charge in [-0.3, -0.25) is 4.79 Å². The van der Waals surface area contributed by atoms with Gasteiger partial charge in [-0.2, -0.15) is 0 Å². The second-order valence-corrected chi connectivity index (χ2v) is 7.41. The molecular weight excluding hydrogens is 290 g/mol. The molecule has 4 rings (SSSR count). The number of rotatable bonds is 3. The predicted octanol–water partition coefficient (Wildman–Crippen LogP) is 3.02. The summed E-state index contributed by atoms with van der Waals surface area (Å²) in [5, 5.41) is 11.0. The van der Waals surface area contributed by atoms with Crippen LogP contribution in [0.25, 0.3) is 0 Å². The lowest BCUT2D eigenvalue weighted by molar-refractivity contribution is -0.151. The van der Waals surface area contributed by atoms with Crippen molar-refractivity contribution >= 4 is 5.91 Å². The summed E-state index contributed by atoms with van der Waals surface area (Å²) in [4.78, 5) is 14.8. The van der Waals surface area contributed by atoms with E-state index in [2.05, 4.69) is 0 Å². The van der Waals surface area contributed by atoms with Crippen LogP contribution in [0.4, 0.5) is 0 Å². The molecule has 0 spiro atoms. The molecule has 3 atom stereocenters. The summed E-state index contributed by atoms with van der Waals surface area (Å²) in [6.45, 7) is 0.526. The average molecular weight is 315 g/mol. The number of carbonyl (C=O) groups is 1. The van der Waals surface area contributed by atoms with Gasteiger partial charge in [0, 0.05) is 12.0 Å².